The van der Waals surface area contributed by atoms with Crippen LogP contribution in [0, 0.1) is 0 Å². The van der Waals surface area contributed by atoms with Crippen molar-refractivity contribution >= 4 is 23.1 Å². The van der Waals surface area contributed by atoms with Crippen molar-refractivity contribution < 1.29 is 22.7 Å². The second-order valence-electron chi connectivity index (χ2n) is 5.90. The molecule has 2 heterocycles. The zero-order valence-corrected chi connectivity index (χ0v) is 15.2. The maximum Gasteiger partial charge on any atom is 0.435 e. The molecule has 0 unspecified atom stereocenters. The third kappa shape index (κ3) is 4.16. The number of nitrogens with two attached hydrogens (primary N) is 1. The number of nitrogens with zero attached hydrogens (tertiary/aromatic N) is 4. The minimum absolute atomic E-state index is 0.128. The summed E-state index contributed by atoms with van der Waals surface area (Å²) in [5.74, 6) is -0.655. The highest BCUT2D eigenvalue weighted by molar-refractivity contribution is 5.78. The van der Waals surface area contributed by atoms with E-state index < -0.39 is 41.1 Å². The van der Waals surface area contributed by atoms with E-state index in [2.05, 4.69) is 15.3 Å². The van der Waals surface area contributed by atoms with Crippen molar-refractivity contribution in [1.82, 2.24) is 19.6 Å². The number of hydrogen-bond donors (Lipinski definition) is 3. The van der Waals surface area contributed by atoms with Gasteiger partial charge in [-0.1, -0.05) is 0 Å². The number of carbonyl (C=O) groups is 1. The van der Waals surface area contributed by atoms with E-state index in [4.69, 9.17) is 10.5 Å². The van der Waals surface area contributed by atoms with Gasteiger partial charge in [0.05, 0.1) is 12.8 Å². The van der Waals surface area contributed by atoms with Gasteiger partial charge >= 0.3 is 6.18 Å². The number of aromatic nitrogens is 4. The lowest BCUT2D eigenvalue weighted by molar-refractivity contribution is -0.141. The number of H-pyrrole nitrogens is 2. The van der Waals surface area contributed by atoms with Gasteiger partial charge in [-0.15, -0.1) is 5.11 Å². The van der Waals surface area contributed by atoms with E-state index in [1.807, 2.05) is 0 Å². The topological polar surface area (TPSA) is 153 Å². The number of nitrogens with one attached hydrogen (secondary N) is 2. The molecule has 158 valence electrons. The third-order valence-corrected chi connectivity index (χ3v) is 3.84. The van der Waals surface area contributed by atoms with Gasteiger partial charge < -0.3 is 10.5 Å². The molecule has 2 aromatic heterocycles. The molecule has 0 atom stereocenters. The van der Waals surface area contributed by atoms with Crippen LogP contribution in [0.1, 0.15) is 10.5 Å². The van der Waals surface area contributed by atoms with Crippen molar-refractivity contribution in [2.45, 2.75) is 12.7 Å². The molecule has 0 amide bonds. The normalized spacial score (nSPS) is 11.9. The lowest BCUT2D eigenvalue weighted by Gasteiger charge is -2.04. The minimum Gasteiger partial charge on any atom is -0.497 e. The Hall–Kier alpha value is -4.10. The summed E-state index contributed by atoms with van der Waals surface area (Å²) in [5, 5.41) is 11.1. The number of anilines is 1. The van der Waals surface area contributed by atoms with Crippen LogP contribution in [0.25, 0.3) is 0 Å². The molecule has 0 aliphatic carbocycles. The van der Waals surface area contributed by atoms with Gasteiger partial charge in [0.1, 0.15) is 18.1 Å². The predicted molar refractivity (Wildman–Crippen MR) is 97.3 cm³/mol. The first-order chi connectivity index (χ1) is 14.1. The number of azo groups is 1. The van der Waals surface area contributed by atoms with Crippen molar-refractivity contribution in [2.75, 3.05) is 12.8 Å². The second kappa shape index (κ2) is 7.73. The quantitative estimate of drug-likeness (QED) is 0.534. The monoisotopic (exact) mass is 425 g/mol. The first kappa shape index (κ1) is 20.6. The summed E-state index contributed by atoms with van der Waals surface area (Å²) in [6.45, 7) is -0.903. The number of benzene rings is 1. The standard InChI is InChI=1S/C16H14F3N7O4/c1-30-9-4-2-8(3-5-9)21-22-13-14(16(17,18)19)24-25(15(13)29)7-12(28)26-11(27)6-10(20)23-26/h2-6,23-24H,7,20H2,1H3. The molecule has 4 N–H and O–H groups in total. The van der Waals surface area contributed by atoms with Crippen molar-refractivity contribution in [1.29, 1.82) is 0 Å². The molecule has 11 nitrogen and oxygen atoms in total. The maximum atomic E-state index is 13.3. The summed E-state index contributed by atoms with van der Waals surface area (Å²) in [6, 6.07) is 6.77. The van der Waals surface area contributed by atoms with Gasteiger partial charge in [0, 0.05) is 6.07 Å². The third-order valence-electron chi connectivity index (χ3n) is 3.84. The number of methoxy groups -OCH3 is 1. The van der Waals surface area contributed by atoms with Crippen LogP contribution in [-0.2, 0) is 12.7 Å². The van der Waals surface area contributed by atoms with E-state index in [9.17, 15) is 27.6 Å². The number of ether oxygens (including phenoxy) is 1. The summed E-state index contributed by atoms with van der Waals surface area (Å²) >= 11 is 0. The summed E-state index contributed by atoms with van der Waals surface area (Å²) in [7, 11) is 1.44. The van der Waals surface area contributed by atoms with Crippen LogP contribution in [-0.4, -0.2) is 32.6 Å². The van der Waals surface area contributed by atoms with Gasteiger partial charge in [0.25, 0.3) is 17.0 Å². The maximum absolute atomic E-state index is 13.3. The van der Waals surface area contributed by atoms with Crippen molar-refractivity contribution in [3.63, 3.8) is 0 Å². The molecule has 3 rings (SSSR count). The highest BCUT2D eigenvalue weighted by Crippen LogP contribution is 2.33. The lowest BCUT2D eigenvalue weighted by Crippen LogP contribution is -2.31. The van der Waals surface area contributed by atoms with E-state index in [1.54, 1.807) is 5.10 Å². The van der Waals surface area contributed by atoms with E-state index >= 15 is 0 Å². The van der Waals surface area contributed by atoms with Gasteiger partial charge in [-0.3, -0.25) is 24.6 Å². The summed E-state index contributed by atoms with van der Waals surface area (Å²) in [5.41, 5.74) is 0.914. The summed E-state index contributed by atoms with van der Waals surface area (Å²) in [4.78, 5) is 36.2. The second-order valence-corrected chi connectivity index (χ2v) is 5.90. The molecule has 0 radical (unpaired) electrons. The van der Waals surface area contributed by atoms with Crippen molar-refractivity contribution in [2.24, 2.45) is 10.2 Å². The largest absolute Gasteiger partial charge is 0.497 e. The zero-order valence-electron chi connectivity index (χ0n) is 15.2. The van der Waals surface area contributed by atoms with Crippen LogP contribution in [0.3, 0.4) is 0 Å². The van der Waals surface area contributed by atoms with E-state index in [-0.39, 0.29) is 11.5 Å². The molecular formula is C16H14F3N7O4. The van der Waals surface area contributed by atoms with Gasteiger partial charge in [0.15, 0.2) is 11.4 Å². The average molecular weight is 425 g/mol. The molecule has 0 bridgehead atoms. The van der Waals surface area contributed by atoms with Crippen LogP contribution in [0.15, 0.2) is 50.1 Å². The van der Waals surface area contributed by atoms with E-state index in [1.165, 1.54) is 31.4 Å². The van der Waals surface area contributed by atoms with Gasteiger partial charge in [-0.25, -0.2) is 4.68 Å². The number of carbonyl (C=O) groups excluding carboxylic acids is 1. The Morgan fingerprint density at radius 1 is 1.17 bits per heavy atom. The molecule has 0 aliphatic rings. The lowest BCUT2D eigenvalue weighted by atomic mass is 10.3. The molecule has 0 spiro atoms. The molecule has 14 heteroatoms. The fraction of sp³-hybridized carbons (Fsp3) is 0.188. The number of hydrogen-bond acceptors (Lipinski definition) is 7. The van der Waals surface area contributed by atoms with Crippen LogP contribution in [0.4, 0.5) is 30.4 Å². The average Bonchev–Trinajstić information content (AvgIpc) is 3.19. The minimum atomic E-state index is -4.98. The number of rotatable bonds is 5. The fourth-order valence-corrected chi connectivity index (χ4v) is 2.44. The number of aromatic amines is 2. The van der Waals surface area contributed by atoms with Crippen LogP contribution < -0.4 is 21.6 Å². The molecule has 0 saturated heterocycles. The molecule has 1 aromatic carbocycles. The molecule has 0 fully saturated rings. The Labute approximate surface area is 164 Å². The SMILES string of the molecule is COc1ccc(N=Nc2c(C(F)(F)F)[nH]n(CC(=O)n3[nH]c(N)cc3=O)c2=O)cc1. The Morgan fingerprint density at radius 2 is 1.83 bits per heavy atom. The number of nitrogen functional groups attached to an aromatic ring is 1. The number of halogens is 3. The highest BCUT2D eigenvalue weighted by Gasteiger charge is 2.38. The number of alkyl halides is 3. The van der Waals surface area contributed by atoms with Gasteiger partial charge in [-0.05, 0) is 24.3 Å². The van der Waals surface area contributed by atoms with Crippen molar-refractivity contribution in [3.05, 3.63) is 56.7 Å². The molecule has 30 heavy (non-hydrogen) atoms. The predicted octanol–water partition coefficient (Wildman–Crippen LogP) is 2.03. The Kier molecular flexibility index (Phi) is 5.31. The first-order valence-corrected chi connectivity index (χ1v) is 8.16. The highest BCUT2D eigenvalue weighted by atomic mass is 19.4. The Bertz CT molecular complexity index is 1220. The summed E-state index contributed by atoms with van der Waals surface area (Å²) in [6.07, 6.45) is -4.98. The van der Waals surface area contributed by atoms with Crippen LogP contribution in [0.5, 0.6) is 5.75 Å². The van der Waals surface area contributed by atoms with E-state index in [0.717, 1.165) is 6.07 Å². The van der Waals surface area contributed by atoms with Crippen LogP contribution in [0.2, 0.25) is 0 Å². The van der Waals surface area contributed by atoms with Gasteiger partial charge in [-0.2, -0.15) is 23.0 Å². The fourth-order valence-electron chi connectivity index (χ4n) is 2.44. The zero-order chi connectivity index (χ0) is 22.1. The molecular weight excluding hydrogens is 411 g/mol. The summed E-state index contributed by atoms with van der Waals surface area (Å²) < 4.78 is 45.8. The van der Waals surface area contributed by atoms with Crippen LogP contribution >= 0.6 is 0 Å². The molecule has 0 aliphatic heterocycles. The van der Waals surface area contributed by atoms with Crippen molar-refractivity contribution in [3.8, 4) is 5.75 Å². The first-order valence-electron chi connectivity index (χ1n) is 8.16. The Balaban J connectivity index is 1.96. The van der Waals surface area contributed by atoms with Gasteiger partial charge in [0.2, 0.25) is 0 Å². The smallest absolute Gasteiger partial charge is 0.435 e. The Morgan fingerprint density at radius 3 is 2.37 bits per heavy atom. The van der Waals surface area contributed by atoms with E-state index in [0.29, 0.717) is 15.1 Å². The molecule has 0 saturated carbocycles. The molecule has 3 aromatic rings.